The Bertz CT molecular complexity index is 1680. The summed E-state index contributed by atoms with van der Waals surface area (Å²) in [6.45, 7) is 9.11. The van der Waals surface area contributed by atoms with Crippen molar-refractivity contribution in [2.45, 2.75) is 233 Å². The van der Waals surface area contributed by atoms with Crippen molar-refractivity contribution in [3.63, 3.8) is 0 Å². The monoisotopic (exact) mass is 1110 g/mol. The van der Waals surface area contributed by atoms with E-state index in [1.807, 2.05) is 0 Å². The Kier molecular flexibility index (Phi) is 39.2. The second-order valence-corrected chi connectivity index (χ2v) is 21.3. The first-order valence-corrected chi connectivity index (χ1v) is 30.3. The van der Waals surface area contributed by atoms with E-state index in [4.69, 9.17) is 53.1 Å². The van der Waals surface area contributed by atoms with Crippen molar-refractivity contribution < 1.29 is 23.2 Å². The van der Waals surface area contributed by atoms with E-state index in [-0.39, 0.29) is 0 Å². The first-order valence-electron chi connectivity index (χ1n) is 27.9. The third-order valence-electron chi connectivity index (χ3n) is 13.5. The van der Waals surface area contributed by atoms with Crippen LogP contribution in [0.2, 0.25) is 0 Å². The molecule has 386 valence electrons. The summed E-state index contributed by atoms with van der Waals surface area (Å²) in [6, 6.07) is 34.8. The summed E-state index contributed by atoms with van der Waals surface area (Å²) in [6.07, 6.45) is 41.4. The van der Waals surface area contributed by atoms with Gasteiger partial charge < -0.3 is 59.5 Å². The van der Waals surface area contributed by atoms with Crippen molar-refractivity contribution in [2.24, 2.45) is 0 Å². The van der Waals surface area contributed by atoms with E-state index in [1.165, 1.54) is 225 Å². The first kappa shape index (κ1) is 63.7. The molecule has 0 aliphatic carbocycles. The van der Waals surface area contributed by atoms with Crippen LogP contribution in [-0.4, -0.2) is 8.64 Å². The molecule has 0 heterocycles. The number of benzene rings is 4. The summed E-state index contributed by atoms with van der Waals surface area (Å²) in [7, 11) is 0. The second-order valence-electron chi connectivity index (χ2n) is 19.2. The molecule has 70 heavy (non-hydrogen) atoms. The van der Waals surface area contributed by atoms with E-state index in [0.29, 0.717) is 28.4 Å². The van der Waals surface area contributed by atoms with Crippen LogP contribution in [0, 0.1) is 0 Å². The predicted molar refractivity (Wildman–Crippen MR) is 317 cm³/mol. The van der Waals surface area contributed by atoms with Gasteiger partial charge in [0.2, 0.25) is 0 Å². The van der Waals surface area contributed by atoms with Crippen LogP contribution in [0.15, 0.2) is 97.1 Å². The first-order chi connectivity index (χ1) is 34.4. The zero-order valence-electron chi connectivity index (χ0n) is 44.2. The van der Waals surface area contributed by atoms with Gasteiger partial charge >= 0.3 is 23.2 Å². The van der Waals surface area contributed by atoms with Gasteiger partial charge in [-0.2, -0.15) is 0 Å². The number of anilines is 4. The van der Waals surface area contributed by atoms with Gasteiger partial charge in [0.1, 0.15) is 0 Å². The summed E-state index contributed by atoms with van der Waals surface area (Å²) in [5, 5.41) is 0. The van der Waals surface area contributed by atoms with Crippen LogP contribution in [-0.2, 0) is 74.1 Å². The summed E-state index contributed by atoms with van der Waals surface area (Å²) in [4.78, 5) is 4.30. The third kappa shape index (κ3) is 26.5. The van der Waals surface area contributed by atoms with E-state index in [2.05, 4.69) is 135 Å². The van der Waals surface area contributed by atoms with Gasteiger partial charge in [-0.25, -0.2) is 0 Å². The van der Waals surface area contributed by atoms with Crippen molar-refractivity contribution >= 4 is 81.1 Å². The molecule has 4 aromatic carbocycles. The van der Waals surface area contributed by atoms with Gasteiger partial charge in [-0.15, -0.1) is 0 Å². The maximum absolute atomic E-state index is 8.26. The van der Waals surface area contributed by atoms with Crippen LogP contribution < -0.4 is 9.80 Å². The Hall–Kier alpha value is -2.41. The number of para-hydroxylation sites is 4. The average Bonchev–Trinajstić information content (AvgIpc) is 3.37. The number of thiocarbonyl (C=S) groups is 2. The van der Waals surface area contributed by atoms with Crippen LogP contribution in [0.1, 0.15) is 230 Å². The molecule has 0 amide bonds. The van der Waals surface area contributed by atoms with E-state index < -0.39 is 0 Å². The number of rotatable bonds is 36. The molecular formula is C62H92MoN2OS4. The van der Waals surface area contributed by atoms with Crippen LogP contribution in [0.25, 0.3) is 0 Å². The minimum atomic E-state index is 0.513. The van der Waals surface area contributed by atoms with Crippen LogP contribution in [0.5, 0.6) is 0 Å². The third-order valence-corrected chi connectivity index (χ3v) is 14.2. The Labute approximate surface area is 463 Å². The SMILES string of the molecule is CCCCCCCCCc1ccccc1N(C(=S)[S-])c1ccccc1CCCCCCCCC.CCCCCCCCCc1ccccc1N(C(=S)[S-])c1ccccc1CCCCCCCCC.[O]=[Mo+2]. The standard InChI is InChI=1S/2C31H47NS2.Mo.O/c2*1-3-5-7-9-11-13-15-21-27-23-17-19-25-29(27)32(31(33)34)30-26-20-18-24-28(30)22-16-14-12-10-8-6-4-2;;/h2*17-20,23-26H,3-16,21-22H2,1-2H3,(H,33,34);;/q;;+2;/p-2. The predicted octanol–water partition coefficient (Wildman–Crippen LogP) is 20.4. The van der Waals surface area contributed by atoms with Gasteiger partial charge in [-0.1, -0.05) is 263 Å². The van der Waals surface area contributed by atoms with Gasteiger partial charge in [-0.05, 0) is 97.9 Å². The number of nitrogens with zero attached hydrogens (tertiary/aromatic N) is 2. The van der Waals surface area contributed by atoms with Gasteiger partial charge in [-0.3, -0.25) is 0 Å². The Morgan fingerprint density at radius 3 is 0.686 bits per heavy atom. The summed E-state index contributed by atoms with van der Waals surface area (Å²) in [5.74, 6) is 0. The molecule has 0 fully saturated rings. The molecule has 8 heteroatoms. The molecule has 0 aromatic heterocycles. The van der Waals surface area contributed by atoms with Crippen molar-refractivity contribution in [3.05, 3.63) is 119 Å². The molecule has 0 aliphatic heterocycles. The molecule has 0 bridgehead atoms. The van der Waals surface area contributed by atoms with Gasteiger partial charge in [0.25, 0.3) is 0 Å². The van der Waals surface area contributed by atoms with E-state index in [1.54, 1.807) is 0 Å². The molecule has 0 atom stereocenters. The number of hydrogen-bond acceptors (Lipinski definition) is 5. The molecule has 0 N–H and O–H groups in total. The molecule has 0 saturated carbocycles. The fourth-order valence-corrected chi connectivity index (χ4v) is 10.3. The zero-order valence-corrected chi connectivity index (χ0v) is 49.5. The van der Waals surface area contributed by atoms with Crippen LogP contribution in [0.3, 0.4) is 0 Å². The normalized spacial score (nSPS) is 10.7. The quantitative estimate of drug-likeness (QED) is 0.0194. The van der Waals surface area contributed by atoms with Crippen molar-refractivity contribution in [2.75, 3.05) is 9.80 Å². The number of hydrogen-bond donors (Lipinski definition) is 0. The zero-order chi connectivity index (χ0) is 50.9. The fraction of sp³-hybridized carbons (Fsp3) is 0.581. The molecule has 0 radical (unpaired) electrons. The van der Waals surface area contributed by atoms with Crippen LogP contribution in [0.4, 0.5) is 22.7 Å². The molecule has 0 saturated heterocycles. The molecule has 4 rings (SSSR count). The molecular weight excluding hydrogens is 1010 g/mol. The summed E-state index contributed by atoms with van der Waals surface area (Å²) < 4.78 is 9.29. The summed E-state index contributed by atoms with van der Waals surface area (Å²) in [5.41, 5.74) is 10.1. The van der Waals surface area contributed by atoms with Crippen molar-refractivity contribution in [3.8, 4) is 0 Å². The molecule has 0 spiro atoms. The minimum absolute atomic E-state index is 0.513. The van der Waals surface area contributed by atoms with Gasteiger partial charge in [0.05, 0.1) is 0 Å². The molecule has 4 aromatic rings. The van der Waals surface area contributed by atoms with E-state index in [0.717, 1.165) is 25.7 Å². The number of unbranched alkanes of at least 4 members (excludes halogenated alkanes) is 24. The van der Waals surface area contributed by atoms with Gasteiger partial charge in [0, 0.05) is 22.7 Å². The molecule has 0 unspecified atom stereocenters. The van der Waals surface area contributed by atoms with Crippen molar-refractivity contribution in [1.82, 2.24) is 0 Å². The van der Waals surface area contributed by atoms with E-state index in [9.17, 15) is 0 Å². The molecule has 0 aliphatic rings. The summed E-state index contributed by atoms with van der Waals surface area (Å²) >= 11 is 23.2. The maximum atomic E-state index is 8.26. The Balaban J connectivity index is 0.000000464. The average molecular weight is 1110 g/mol. The Morgan fingerprint density at radius 2 is 0.500 bits per heavy atom. The topological polar surface area (TPSA) is 23.6 Å². The van der Waals surface area contributed by atoms with E-state index >= 15 is 0 Å². The van der Waals surface area contributed by atoms with Gasteiger partial charge in [0.15, 0.2) is 0 Å². The molecule has 3 nitrogen and oxygen atoms in total. The second kappa shape index (κ2) is 43.0. The van der Waals surface area contributed by atoms with Crippen molar-refractivity contribution in [1.29, 1.82) is 0 Å². The fourth-order valence-electron chi connectivity index (χ4n) is 9.50. The van der Waals surface area contributed by atoms with Crippen LogP contribution >= 0.6 is 24.4 Å². The Morgan fingerprint density at radius 1 is 0.329 bits per heavy atom. The number of aryl methyl sites for hydroxylation is 4.